The largest absolute Gasteiger partial charge is 0.372 e. The first-order valence-corrected chi connectivity index (χ1v) is 7.93. The molecule has 0 N–H and O–H groups in total. The highest BCUT2D eigenvalue weighted by molar-refractivity contribution is 7.79. The molecule has 0 aromatic heterocycles. The molecule has 0 atom stereocenters. The van der Waals surface area contributed by atoms with Crippen molar-refractivity contribution in [3.8, 4) is 0 Å². The second-order valence-electron chi connectivity index (χ2n) is 4.91. The standard InChI is InChI=1S/C11H15NO.C8H8S/c1-3-12(4-2)11-7-5-6-10(8-11)9-13;1-7-2-4-8(6-9)5-3-7/h5-9H,3-4H2,1-2H3;2-6H,1H3. The Hall–Kier alpha value is -2.00. The monoisotopic (exact) mass is 313 g/mol. The number of nitrogens with zero attached hydrogens (tertiary/aromatic N) is 1. The first kappa shape index (κ1) is 18.1. The number of hydrogen-bond acceptors (Lipinski definition) is 3. The average Bonchev–Trinajstić information content (AvgIpc) is 2.57. The van der Waals surface area contributed by atoms with Gasteiger partial charge in [-0.3, -0.25) is 4.79 Å². The summed E-state index contributed by atoms with van der Waals surface area (Å²) in [6.07, 6.45) is 0.882. The number of carbonyl (C=O) groups is 1. The zero-order valence-corrected chi connectivity index (χ0v) is 14.3. The summed E-state index contributed by atoms with van der Waals surface area (Å²) in [5.74, 6) is 0. The van der Waals surface area contributed by atoms with E-state index in [1.54, 1.807) is 5.37 Å². The van der Waals surface area contributed by atoms with Crippen LogP contribution >= 0.6 is 12.2 Å². The molecule has 3 heteroatoms. The molecule has 0 amide bonds. The zero-order chi connectivity index (χ0) is 16.4. The van der Waals surface area contributed by atoms with Crippen LogP contribution in [0.1, 0.15) is 35.3 Å². The van der Waals surface area contributed by atoms with Crippen molar-refractivity contribution in [1.29, 1.82) is 0 Å². The molecule has 0 aliphatic heterocycles. The third kappa shape index (κ3) is 5.78. The molecule has 0 saturated heterocycles. The minimum atomic E-state index is 0.740. The van der Waals surface area contributed by atoms with Crippen LogP contribution in [0.5, 0.6) is 0 Å². The van der Waals surface area contributed by atoms with E-state index in [-0.39, 0.29) is 0 Å². The lowest BCUT2D eigenvalue weighted by Gasteiger charge is -2.20. The van der Waals surface area contributed by atoms with Gasteiger partial charge >= 0.3 is 0 Å². The Morgan fingerprint density at radius 3 is 2.14 bits per heavy atom. The van der Waals surface area contributed by atoms with Crippen molar-refractivity contribution in [2.75, 3.05) is 18.0 Å². The Kier molecular flexibility index (Phi) is 8.08. The highest BCUT2D eigenvalue weighted by Gasteiger charge is 2.01. The highest BCUT2D eigenvalue weighted by atomic mass is 32.1. The maximum atomic E-state index is 10.5. The van der Waals surface area contributed by atoms with Crippen LogP contribution in [0.15, 0.2) is 48.5 Å². The molecule has 0 aliphatic carbocycles. The van der Waals surface area contributed by atoms with Gasteiger partial charge in [-0.1, -0.05) is 54.2 Å². The average molecular weight is 313 g/mol. The van der Waals surface area contributed by atoms with Crippen molar-refractivity contribution in [2.45, 2.75) is 20.8 Å². The quantitative estimate of drug-likeness (QED) is 0.590. The van der Waals surface area contributed by atoms with Crippen molar-refractivity contribution in [2.24, 2.45) is 0 Å². The van der Waals surface area contributed by atoms with Gasteiger partial charge in [0, 0.05) is 29.7 Å². The van der Waals surface area contributed by atoms with Crippen molar-refractivity contribution in [3.63, 3.8) is 0 Å². The number of hydrogen-bond donors (Lipinski definition) is 0. The van der Waals surface area contributed by atoms with Crippen molar-refractivity contribution >= 4 is 29.6 Å². The van der Waals surface area contributed by atoms with Crippen LogP contribution < -0.4 is 4.90 Å². The zero-order valence-electron chi connectivity index (χ0n) is 13.5. The summed E-state index contributed by atoms with van der Waals surface area (Å²) in [4.78, 5) is 12.8. The molecule has 0 radical (unpaired) electrons. The summed E-state index contributed by atoms with van der Waals surface area (Å²) >= 11 is 4.74. The van der Waals surface area contributed by atoms with Crippen molar-refractivity contribution < 1.29 is 4.79 Å². The Labute approximate surface area is 138 Å². The number of benzene rings is 2. The molecule has 2 rings (SSSR count). The summed E-state index contributed by atoms with van der Waals surface area (Å²) < 4.78 is 0. The molecule has 2 nitrogen and oxygen atoms in total. The number of aldehydes is 1. The van der Waals surface area contributed by atoms with Crippen LogP contribution in [0.4, 0.5) is 5.69 Å². The third-order valence-corrected chi connectivity index (χ3v) is 3.62. The number of aryl methyl sites for hydroxylation is 1. The summed E-state index contributed by atoms with van der Waals surface area (Å²) in [6.45, 7) is 8.22. The minimum Gasteiger partial charge on any atom is -0.372 e. The summed E-state index contributed by atoms with van der Waals surface area (Å²) in [5.41, 5.74) is 4.24. The van der Waals surface area contributed by atoms with Crippen molar-refractivity contribution in [3.05, 3.63) is 65.2 Å². The van der Waals surface area contributed by atoms with E-state index in [1.807, 2.05) is 36.4 Å². The first-order chi connectivity index (χ1) is 10.6. The van der Waals surface area contributed by atoms with E-state index in [9.17, 15) is 4.79 Å². The minimum absolute atomic E-state index is 0.740. The van der Waals surface area contributed by atoms with E-state index < -0.39 is 0 Å². The second-order valence-corrected chi connectivity index (χ2v) is 5.15. The third-order valence-electron chi connectivity index (χ3n) is 3.35. The van der Waals surface area contributed by atoms with Crippen molar-refractivity contribution in [1.82, 2.24) is 0 Å². The number of anilines is 1. The lowest BCUT2D eigenvalue weighted by Crippen LogP contribution is -2.21. The molecule has 22 heavy (non-hydrogen) atoms. The van der Waals surface area contributed by atoms with Crippen LogP contribution in [0.2, 0.25) is 0 Å². The van der Waals surface area contributed by atoms with Gasteiger partial charge in [0.1, 0.15) is 6.29 Å². The predicted octanol–water partition coefficient (Wildman–Crippen LogP) is 4.69. The van der Waals surface area contributed by atoms with E-state index in [4.69, 9.17) is 12.2 Å². The number of carbonyl (C=O) groups excluding carboxylic acids is 1. The summed E-state index contributed by atoms with van der Waals surface area (Å²) in [6, 6.07) is 15.8. The molecule has 0 aliphatic rings. The maximum Gasteiger partial charge on any atom is 0.150 e. The van der Waals surface area contributed by atoms with Gasteiger partial charge in [-0.25, -0.2) is 0 Å². The van der Waals surface area contributed by atoms with E-state index >= 15 is 0 Å². The molecule has 2 aromatic carbocycles. The van der Waals surface area contributed by atoms with E-state index in [0.717, 1.165) is 36.2 Å². The smallest absolute Gasteiger partial charge is 0.150 e. The van der Waals surface area contributed by atoms with Gasteiger partial charge in [0.15, 0.2) is 0 Å². The Bertz CT molecular complexity index is 589. The van der Waals surface area contributed by atoms with Gasteiger partial charge in [0.25, 0.3) is 0 Å². The molecule has 116 valence electrons. The SMILES string of the molecule is CCN(CC)c1cccc(C=O)c1.Cc1ccc(C=S)cc1. The lowest BCUT2D eigenvalue weighted by molar-refractivity contribution is 0.112. The van der Waals surface area contributed by atoms with Crippen LogP contribution in [0, 0.1) is 6.92 Å². The highest BCUT2D eigenvalue weighted by Crippen LogP contribution is 2.14. The van der Waals surface area contributed by atoms with Gasteiger partial charge in [0.05, 0.1) is 0 Å². The summed E-state index contributed by atoms with van der Waals surface area (Å²) in [7, 11) is 0. The van der Waals surface area contributed by atoms with Gasteiger partial charge in [-0.05, 0) is 38.5 Å². The Balaban J connectivity index is 0.000000235. The number of rotatable bonds is 5. The maximum absolute atomic E-state index is 10.5. The molecule has 2 aromatic rings. The van der Waals surface area contributed by atoms with Gasteiger partial charge in [-0.15, -0.1) is 0 Å². The Morgan fingerprint density at radius 2 is 1.64 bits per heavy atom. The first-order valence-electron chi connectivity index (χ1n) is 7.46. The molecule has 0 spiro atoms. The predicted molar refractivity (Wildman–Crippen MR) is 99.3 cm³/mol. The van der Waals surface area contributed by atoms with Crippen LogP contribution in [0.25, 0.3) is 0 Å². The van der Waals surface area contributed by atoms with Gasteiger partial charge < -0.3 is 4.90 Å². The van der Waals surface area contributed by atoms with Gasteiger partial charge in [0.2, 0.25) is 0 Å². The topological polar surface area (TPSA) is 20.3 Å². The molecule has 0 fully saturated rings. The van der Waals surface area contributed by atoms with E-state index in [2.05, 4.69) is 37.8 Å². The number of thiocarbonyl (C=S) groups is 1. The molecule has 0 heterocycles. The van der Waals surface area contributed by atoms with E-state index in [0.29, 0.717) is 0 Å². The fourth-order valence-electron chi connectivity index (χ4n) is 2.03. The lowest BCUT2D eigenvalue weighted by atomic mass is 10.2. The molecule has 0 saturated carbocycles. The normalized spacial score (nSPS) is 9.41. The van der Waals surface area contributed by atoms with Crippen LogP contribution in [-0.2, 0) is 0 Å². The fraction of sp³-hybridized carbons (Fsp3) is 0.263. The molecular weight excluding hydrogens is 290 g/mol. The van der Waals surface area contributed by atoms with E-state index in [1.165, 1.54) is 5.56 Å². The molecular formula is C19H23NOS. The van der Waals surface area contributed by atoms with Crippen LogP contribution in [-0.4, -0.2) is 24.7 Å². The fourth-order valence-corrected chi connectivity index (χ4v) is 2.19. The second kappa shape index (κ2) is 9.85. The molecule has 0 bridgehead atoms. The molecule has 0 unspecified atom stereocenters. The summed E-state index contributed by atoms with van der Waals surface area (Å²) in [5, 5.41) is 1.68. The Morgan fingerprint density at radius 1 is 1.00 bits per heavy atom. The van der Waals surface area contributed by atoms with Gasteiger partial charge in [-0.2, -0.15) is 0 Å². The van der Waals surface area contributed by atoms with Crippen LogP contribution in [0.3, 0.4) is 0 Å².